The molecule has 1 fully saturated rings. The van der Waals surface area contributed by atoms with Gasteiger partial charge >= 0.3 is 0 Å². The summed E-state index contributed by atoms with van der Waals surface area (Å²) in [4.78, 5) is 11.8. The summed E-state index contributed by atoms with van der Waals surface area (Å²) < 4.78 is 0. The molecule has 0 heterocycles. The lowest BCUT2D eigenvalue weighted by molar-refractivity contribution is -0.130. The molecule has 0 N–H and O–H groups in total. The van der Waals surface area contributed by atoms with E-state index in [2.05, 4.69) is 41.5 Å². The Kier molecular flexibility index (Phi) is 6.08. The van der Waals surface area contributed by atoms with Crippen molar-refractivity contribution in [1.29, 1.82) is 0 Å². The molecule has 112 valence electrons. The van der Waals surface area contributed by atoms with Crippen molar-refractivity contribution in [3.63, 3.8) is 0 Å². The highest BCUT2D eigenvalue weighted by atomic mass is 16.1. The molecule has 0 bridgehead atoms. The van der Waals surface area contributed by atoms with Crippen LogP contribution >= 0.6 is 0 Å². The van der Waals surface area contributed by atoms with Crippen LogP contribution in [0.1, 0.15) is 73.6 Å². The SMILES string of the molecule is CCCCCC1(C)C(C)C(C)C(C)C(CC)C1C=O. The van der Waals surface area contributed by atoms with Crippen molar-refractivity contribution in [2.45, 2.75) is 73.6 Å². The van der Waals surface area contributed by atoms with Gasteiger partial charge in [0.2, 0.25) is 0 Å². The molecule has 1 heteroatoms. The van der Waals surface area contributed by atoms with Crippen LogP contribution in [0, 0.1) is 35.0 Å². The van der Waals surface area contributed by atoms with Gasteiger partial charge in [-0.2, -0.15) is 0 Å². The second kappa shape index (κ2) is 6.90. The summed E-state index contributed by atoms with van der Waals surface area (Å²) in [5.41, 5.74) is 0.212. The molecule has 1 saturated carbocycles. The lowest BCUT2D eigenvalue weighted by Gasteiger charge is -2.54. The Morgan fingerprint density at radius 1 is 1.05 bits per heavy atom. The normalized spacial score (nSPS) is 43.2. The molecule has 1 nitrogen and oxygen atoms in total. The first kappa shape index (κ1) is 16.7. The van der Waals surface area contributed by atoms with E-state index in [1.165, 1.54) is 32.0 Å². The second-order valence-electron chi connectivity index (χ2n) is 7.20. The van der Waals surface area contributed by atoms with Gasteiger partial charge in [-0.1, -0.05) is 67.2 Å². The Bertz CT molecular complexity index is 285. The van der Waals surface area contributed by atoms with Gasteiger partial charge in [-0.25, -0.2) is 0 Å². The predicted octanol–water partition coefficient (Wildman–Crippen LogP) is 5.34. The maximum atomic E-state index is 11.8. The van der Waals surface area contributed by atoms with Crippen molar-refractivity contribution in [1.82, 2.24) is 0 Å². The Hall–Kier alpha value is -0.330. The van der Waals surface area contributed by atoms with Gasteiger partial charge in [-0.05, 0) is 35.5 Å². The predicted molar refractivity (Wildman–Crippen MR) is 83.1 cm³/mol. The number of carbonyl (C=O) groups excluding carboxylic acids is 1. The maximum absolute atomic E-state index is 11.8. The molecule has 0 aliphatic heterocycles. The van der Waals surface area contributed by atoms with E-state index >= 15 is 0 Å². The zero-order valence-corrected chi connectivity index (χ0v) is 13.9. The Morgan fingerprint density at radius 2 is 1.68 bits per heavy atom. The number of hydrogen-bond acceptors (Lipinski definition) is 1. The third-order valence-electron chi connectivity index (χ3n) is 6.49. The van der Waals surface area contributed by atoms with Crippen LogP contribution in [0.5, 0.6) is 0 Å². The van der Waals surface area contributed by atoms with Gasteiger partial charge in [0.1, 0.15) is 6.29 Å². The Morgan fingerprint density at radius 3 is 2.16 bits per heavy atom. The highest BCUT2D eigenvalue weighted by Crippen LogP contribution is 2.55. The minimum absolute atomic E-state index is 0.212. The first-order chi connectivity index (χ1) is 8.93. The highest BCUT2D eigenvalue weighted by Gasteiger charge is 2.51. The smallest absolute Gasteiger partial charge is 0.123 e. The van der Waals surface area contributed by atoms with Crippen molar-refractivity contribution in [2.24, 2.45) is 35.0 Å². The molecule has 0 spiro atoms. The van der Waals surface area contributed by atoms with Crippen LogP contribution in [0.2, 0.25) is 0 Å². The molecule has 0 aromatic heterocycles. The second-order valence-corrected chi connectivity index (χ2v) is 7.20. The van der Waals surface area contributed by atoms with E-state index in [-0.39, 0.29) is 11.3 Å². The van der Waals surface area contributed by atoms with Crippen molar-refractivity contribution < 1.29 is 4.79 Å². The van der Waals surface area contributed by atoms with Gasteiger partial charge in [0.15, 0.2) is 0 Å². The van der Waals surface area contributed by atoms with E-state index in [4.69, 9.17) is 0 Å². The van der Waals surface area contributed by atoms with Crippen molar-refractivity contribution in [3.05, 3.63) is 0 Å². The summed E-state index contributed by atoms with van der Waals surface area (Å²) in [7, 11) is 0. The average Bonchev–Trinajstić information content (AvgIpc) is 2.40. The summed E-state index contributed by atoms with van der Waals surface area (Å²) >= 11 is 0. The maximum Gasteiger partial charge on any atom is 0.123 e. The van der Waals surface area contributed by atoms with Gasteiger partial charge in [-0.15, -0.1) is 0 Å². The van der Waals surface area contributed by atoms with Gasteiger partial charge < -0.3 is 4.79 Å². The number of hydrogen-bond donors (Lipinski definition) is 0. The first-order valence-electron chi connectivity index (χ1n) is 8.39. The van der Waals surface area contributed by atoms with E-state index < -0.39 is 0 Å². The molecule has 0 aromatic carbocycles. The summed E-state index contributed by atoms with van der Waals surface area (Å²) in [5.74, 6) is 2.89. The number of rotatable bonds is 6. The molecule has 1 aliphatic rings. The fraction of sp³-hybridized carbons (Fsp3) is 0.944. The molecule has 1 rings (SSSR count). The molecular weight excluding hydrogens is 232 g/mol. The number of aldehydes is 1. The van der Waals surface area contributed by atoms with Crippen LogP contribution in [0.4, 0.5) is 0 Å². The molecule has 6 atom stereocenters. The quantitative estimate of drug-likeness (QED) is 0.468. The molecular formula is C18H34O. The van der Waals surface area contributed by atoms with Crippen LogP contribution in [0.3, 0.4) is 0 Å². The first-order valence-corrected chi connectivity index (χ1v) is 8.39. The van der Waals surface area contributed by atoms with Crippen LogP contribution in [0.25, 0.3) is 0 Å². The fourth-order valence-corrected chi connectivity index (χ4v) is 4.60. The average molecular weight is 266 g/mol. The van der Waals surface area contributed by atoms with E-state index in [1.54, 1.807) is 0 Å². The van der Waals surface area contributed by atoms with Crippen LogP contribution < -0.4 is 0 Å². The molecule has 6 unspecified atom stereocenters. The zero-order valence-electron chi connectivity index (χ0n) is 13.9. The molecule has 0 saturated heterocycles. The Balaban J connectivity index is 2.98. The van der Waals surface area contributed by atoms with Crippen LogP contribution in [0.15, 0.2) is 0 Å². The van der Waals surface area contributed by atoms with Crippen LogP contribution in [-0.2, 0) is 4.79 Å². The van der Waals surface area contributed by atoms with Gasteiger partial charge in [0, 0.05) is 5.92 Å². The topological polar surface area (TPSA) is 17.1 Å². The third kappa shape index (κ3) is 3.06. The minimum Gasteiger partial charge on any atom is -0.303 e. The third-order valence-corrected chi connectivity index (χ3v) is 6.49. The largest absolute Gasteiger partial charge is 0.303 e. The monoisotopic (exact) mass is 266 g/mol. The van der Waals surface area contributed by atoms with E-state index in [9.17, 15) is 4.79 Å². The number of carbonyl (C=O) groups is 1. The fourth-order valence-electron chi connectivity index (χ4n) is 4.60. The Labute approximate surface area is 120 Å². The summed E-state index contributed by atoms with van der Waals surface area (Å²) in [6, 6.07) is 0. The molecule has 0 radical (unpaired) electrons. The summed E-state index contributed by atoms with van der Waals surface area (Å²) in [6.45, 7) is 14.0. The molecule has 1 aliphatic carbocycles. The lowest BCUT2D eigenvalue weighted by Crippen LogP contribution is -2.50. The zero-order chi connectivity index (χ0) is 14.6. The van der Waals surface area contributed by atoms with Gasteiger partial charge in [-0.3, -0.25) is 0 Å². The molecule has 19 heavy (non-hydrogen) atoms. The lowest BCUT2D eigenvalue weighted by atomic mass is 9.50. The van der Waals surface area contributed by atoms with Crippen molar-refractivity contribution in [2.75, 3.05) is 0 Å². The van der Waals surface area contributed by atoms with Crippen LogP contribution in [-0.4, -0.2) is 6.29 Å². The standard InChI is InChI=1S/C18H34O/c1-7-9-10-11-18(6)15(5)13(3)14(4)16(8-2)17(18)12-19/h12-17H,7-11H2,1-6H3. The highest BCUT2D eigenvalue weighted by molar-refractivity contribution is 5.56. The van der Waals surface area contributed by atoms with Crippen molar-refractivity contribution in [3.8, 4) is 0 Å². The van der Waals surface area contributed by atoms with E-state index in [1.807, 2.05) is 0 Å². The van der Waals surface area contributed by atoms with Crippen molar-refractivity contribution >= 4 is 6.29 Å². The molecule has 0 aromatic rings. The summed E-state index contributed by atoms with van der Waals surface area (Å²) in [6.07, 6.45) is 7.50. The number of unbranched alkanes of at least 4 members (excludes halogenated alkanes) is 2. The van der Waals surface area contributed by atoms with Gasteiger partial charge in [0.25, 0.3) is 0 Å². The minimum atomic E-state index is 0.212. The van der Waals surface area contributed by atoms with E-state index in [0.717, 1.165) is 12.3 Å². The molecule has 0 amide bonds. The van der Waals surface area contributed by atoms with E-state index in [0.29, 0.717) is 17.8 Å². The van der Waals surface area contributed by atoms with Gasteiger partial charge in [0.05, 0.1) is 0 Å². The summed E-state index contributed by atoms with van der Waals surface area (Å²) in [5, 5.41) is 0.